The Morgan fingerprint density at radius 3 is 2.74 bits per heavy atom. The summed E-state index contributed by atoms with van der Waals surface area (Å²) < 4.78 is 26.2. The van der Waals surface area contributed by atoms with E-state index in [2.05, 4.69) is 20.1 Å². The molecule has 1 aliphatic heterocycles. The first-order valence-corrected chi connectivity index (χ1v) is 10.7. The second kappa shape index (κ2) is 9.02. The van der Waals surface area contributed by atoms with Gasteiger partial charge >= 0.3 is 0 Å². The van der Waals surface area contributed by atoms with Gasteiger partial charge in [-0.1, -0.05) is 29.4 Å². The molecule has 0 amide bonds. The summed E-state index contributed by atoms with van der Waals surface area (Å²) in [4.78, 5) is 27.0. The van der Waals surface area contributed by atoms with Gasteiger partial charge in [0.05, 0.1) is 25.1 Å². The van der Waals surface area contributed by atoms with Crippen LogP contribution in [0.3, 0.4) is 0 Å². The summed E-state index contributed by atoms with van der Waals surface area (Å²) in [6.07, 6.45) is 2.53. The van der Waals surface area contributed by atoms with Crippen LogP contribution in [0.15, 0.2) is 58.1 Å². The van der Waals surface area contributed by atoms with Crippen LogP contribution in [0, 0.1) is 12.7 Å². The molecule has 0 bridgehead atoms. The van der Waals surface area contributed by atoms with Crippen LogP contribution < -0.4 is 16.3 Å². The third-order valence-corrected chi connectivity index (χ3v) is 5.70. The van der Waals surface area contributed by atoms with Gasteiger partial charge in [-0.25, -0.2) is 9.37 Å². The van der Waals surface area contributed by atoms with Crippen molar-refractivity contribution in [1.82, 2.24) is 24.8 Å². The first-order chi connectivity index (χ1) is 16.5. The lowest BCUT2D eigenvalue weighted by molar-refractivity contribution is 0.142. The molecule has 1 fully saturated rings. The summed E-state index contributed by atoms with van der Waals surface area (Å²) in [6, 6.07) is 10.5. The number of aryl methyl sites for hydroxylation is 1. The second-order valence-electron chi connectivity index (χ2n) is 7.98. The van der Waals surface area contributed by atoms with E-state index >= 15 is 0 Å². The summed E-state index contributed by atoms with van der Waals surface area (Å²) >= 11 is 0. The van der Waals surface area contributed by atoms with Gasteiger partial charge in [0, 0.05) is 49.3 Å². The molecule has 0 saturated carbocycles. The van der Waals surface area contributed by atoms with E-state index in [-0.39, 0.29) is 23.1 Å². The fourth-order valence-corrected chi connectivity index (χ4v) is 3.94. The lowest BCUT2D eigenvalue weighted by atomic mass is 9.98. The predicted octanol–water partition coefficient (Wildman–Crippen LogP) is 2.14. The molecule has 10 nitrogen and oxygen atoms in total. The van der Waals surface area contributed by atoms with E-state index in [9.17, 15) is 9.18 Å². The molecule has 5 rings (SSSR count). The number of nitrogens with two attached hydrogens (primary N) is 1. The standard InChI is InChI=1S/C23H22FN7O3/c1-14-27-22(29-34-14)16-4-2-15(3-5-16)17-12-30(8-9-33-13-17)23-28-20(10-21(32)31(23)25)18-6-7-26-11-19(18)24/h2-7,10-11,17H,8-9,12-13,25H2,1H3. The molecule has 1 saturated heterocycles. The van der Waals surface area contributed by atoms with Crippen LogP contribution in [-0.4, -0.2) is 51.1 Å². The lowest BCUT2D eigenvalue weighted by Gasteiger charge is -2.26. The number of hydrogen-bond acceptors (Lipinski definition) is 9. The Labute approximate surface area is 193 Å². The van der Waals surface area contributed by atoms with Crippen molar-refractivity contribution in [3.63, 3.8) is 0 Å². The molecule has 1 aromatic carbocycles. The van der Waals surface area contributed by atoms with Crippen molar-refractivity contribution in [2.24, 2.45) is 0 Å². The predicted molar refractivity (Wildman–Crippen MR) is 122 cm³/mol. The Hall–Kier alpha value is -4.12. The van der Waals surface area contributed by atoms with Crippen LogP contribution in [0.5, 0.6) is 0 Å². The average molecular weight is 463 g/mol. The fraction of sp³-hybridized carbons (Fsp3) is 0.261. The smallest absolute Gasteiger partial charge is 0.273 e. The Balaban J connectivity index is 1.45. The van der Waals surface area contributed by atoms with Crippen LogP contribution in [0.25, 0.3) is 22.6 Å². The van der Waals surface area contributed by atoms with E-state index in [1.165, 1.54) is 18.3 Å². The molecule has 3 aromatic heterocycles. The number of benzene rings is 1. The van der Waals surface area contributed by atoms with Gasteiger partial charge in [-0.15, -0.1) is 0 Å². The third-order valence-electron chi connectivity index (χ3n) is 5.70. The van der Waals surface area contributed by atoms with Crippen molar-refractivity contribution in [3.05, 3.63) is 76.4 Å². The topological polar surface area (TPSA) is 125 Å². The zero-order chi connectivity index (χ0) is 23.7. The highest BCUT2D eigenvalue weighted by Crippen LogP contribution is 2.26. The van der Waals surface area contributed by atoms with Crippen LogP contribution in [0.2, 0.25) is 0 Å². The second-order valence-corrected chi connectivity index (χ2v) is 7.98. The summed E-state index contributed by atoms with van der Waals surface area (Å²) in [7, 11) is 0. The molecule has 4 aromatic rings. The number of pyridine rings is 1. The zero-order valence-electron chi connectivity index (χ0n) is 18.4. The van der Waals surface area contributed by atoms with Gasteiger partial charge in [0.2, 0.25) is 17.7 Å². The number of hydrogen-bond donors (Lipinski definition) is 1. The maximum Gasteiger partial charge on any atom is 0.273 e. The molecule has 1 atom stereocenters. The molecule has 34 heavy (non-hydrogen) atoms. The van der Waals surface area contributed by atoms with Crippen molar-refractivity contribution in [3.8, 4) is 22.6 Å². The monoisotopic (exact) mass is 463 g/mol. The molecule has 1 aliphatic rings. The fourth-order valence-electron chi connectivity index (χ4n) is 3.94. The van der Waals surface area contributed by atoms with Gasteiger partial charge in [-0.05, 0) is 11.6 Å². The average Bonchev–Trinajstić information content (AvgIpc) is 3.13. The summed E-state index contributed by atoms with van der Waals surface area (Å²) in [6.45, 7) is 3.64. The minimum Gasteiger partial charge on any atom is -0.379 e. The number of aromatic nitrogens is 5. The van der Waals surface area contributed by atoms with Crippen molar-refractivity contribution in [1.29, 1.82) is 0 Å². The van der Waals surface area contributed by atoms with Crippen LogP contribution in [0.4, 0.5) is 10.3 Å². The van der Waals surface area contributed by atoms with Gasteiger partial charge < -0.3 is 20.0 Å². The number of halogens is 1. The first kappa shape index (κ1) is 21.7. The number of rotatable bonds is 4. The van der Waals surface area contributed by atoms with Crippen LogP contribution >= 0.6 is 0 Å². The quantitative estimate of drug-likeness (QED) is 0.453. The Bertz CT molecular complexity index is 1370. The summed E-state index contributed by atoms with van der Waals surface area (Å²) in [5.74, 6) is 6.74. The van der Waals surface area contributed by atoms with Gasteiger partial charge in [0.15, 0.2) is 5.82 Å². The van der Waals surface area contributed by atoms with Gasteiger partial charge in [-0.3, -0.25) is 9.78 Å². The SMILES string of the molecule is Cc1nc(-c2ccc(C3COCCN(c4nc(-c5ccncc5F)cc(=O)n4N)C3)cc2)no1. The highest BCUT2D eigenvalue weighted by Gasteiger charge is 2.24. The molecule has 0 aliphatic carbocycles. The molecule has 4 heterocycles. The third kappa shape index (κ3) is 4.25. The molecule has 11 heteroatoms. The number of nitrogen functional groups attached to an aromatic ring is 1. The molecule has 174 valence electrons. The Morgan fingerprint density at radius 2 is 2.00 bits per heavy atom. The Kier molecular flexibility index (Phi) is 5.76. The van der Waals surface area contributed by atoms with E-state index in [0.717, 1.165) is 22.0 Å². The molecule has 1 unspecified atom stereocenters. The molecule has 2 N–H and O–H groups in total. The van der Waals surface area contributed by atoms with Crippen LogP contribution in [-0.2, 0) is 4.74 Å². The molecule has 0 radical (unpaired) electrons. The highest BCUT2D eigenvalue weighted by molar-refractivity contribution is 5.60. The maximum atomic E-state index is 14.3. The van der Waals surface area contributed by atoms with Crippen molar-refractivity contribution in [2.45, 2.75) is 12.8 Å². The first-order valence-electron chi connectivity index (χ1n) is 10.7. The van der Waals surface area contributed by atoms with E-state index in [4.69, 9.17) is 15.1 Å². The van der Waals surface area contributed by atoms with E-state index < -0.39 is 11.4 Å². The largest absolute Gasteiger partial charge is 0.379 e. The van der Waals surface area contributed by atoms with E-state index in [0.29, 0.717) is 38.0 Å². The number of nitrogens with zero attached hydrogens (tertiary/aromatic N) is 6. The number of ether oxygens (including phenoxy) is 1. The van der Waals surface area contributed by atoms with Crippen molar-refractivity contribution >= 4 is 5.95 Å². The minimum absolute atomic E-state index is 0.0122. The molecular weight excluding hydrogens is 441 g/mol. The molecule has 0 spiro atoms. The zero-order valence-corrected chi connectivity index (χ0v) is 18.4. The van der Waals surface area contributed by atoms with Crippen molar-refractivity contribution < 1.29 is 13.7 Å². The van der Waals surface area contributed by atoms with Crippen molar-refractivity contribution in [2.75, 3.05) is 37.0 Å². The normalized spacial score (nSPS) is 16.4. The number of anilines is 1. The Morgan fingerprint density at radius 1 is 1.18 bits per heavy atom. The van der Waals surface area contributed by atoms with Gasteiger partial charge in [0.25, 0.3) is 5.56 Å². The van der Waals surface area contributed by atoms with Crippen LogP contribution in [0.1, 0.15) is 17.4 Å². The maximum absolute atomic E-state index is 14.3. The summed E-state index contributed by atoms with van der Waals surface area (Å²) in [5.41, 5.74) is 1.78. The summed E-state index contributed by atoms with van der Waals surface area (Å²) in [5, 5.41) is 3.95. The van der Waals surface area contributed by atoms with E-state index in [1.54, 1.807) is 6.92 Å². The minimum atomic E-state index is -0.566. The molecular formula is C23H22FN7O3. The van der Waals surface area contributed by atoms with Gasteiger partial charge in [0.1, 0.15) is 0 Å². The lowest BCUT2D eigenvalue weighted by Crippen LogP contribution is -2.39. The van der Waals surface area contributed by atoms with Gasteiger partial charge in [-0.2, -0.15) is 9.66 Å². The highest BCUT2D eigenvalue weighted by atomic mass is 19.1. The van der Waals surface area contributed by atoms with E-state index in [1.807, 2.05) is 29.2 Å².